The van der Waals surface area contributed by atoms with Gasteiger partial charge in [0.2, 0.25) is 0 Å². The Morgan fingerprint density at radius 3 is 2.47 bits per heavy atom. The van der Waals surface area contributed by atoms with Crippen molar-refractivity contribution in [2.75, 3.05) is 0 Å². The van der Waals surface area contributed by atoms with Crippen LogP contribution in [-0.2, 0) is 12.7 Å². The maximum Gasteiger partial charge on any atom is 0.419 e. The van der Waals surface area contributed by atoms with Crippen molar-refractivity contribution < 1.29 is 18.3 Å². The minimum Gasteiger partial charge on any atom is -0.391 e. The van der Waals surface area contributed by atoms with Gasteiger partial charge in [-0.2, -0.15) is 18.3 Å². The molecule has 0 saturated heterocycles. The fourth-order valence-corrected chi connectivity index (χ4v) is 1.01. The van der Waals surface area contributed by atoms with E-state index in [4.69, 9.17) is 0 Å². The number of alkyl halides is 3. The van der Waals surface area contributed by atoms with E-state index in [1.54, 1.807) is 13.8 Å². The molecule has 0 radical (unpaired) electrons. The lowest BCUT2D eigenvalue weighted by Gasteiger charge is -2.13. The van der Waals surface area contributed by atoms with Crippen LogP contribution < -0.4 is 0 Å². The van der Waals surface area contributed by atoms with E-state index in [1.807, 2.05) is 0 Å². The highest BCUT2D eigenvalue weighted by molar-refractivity contribution is 5.08. The van der Waals surface area contributed by atoms with Crippen LogP contribution in [0.1, 0.15) is 19.4 Å². The molecule has 1 N–H and O–H groups in total. The van der Waals surface area contributed by atoms with Crippen LogP contribution in [0, 0.1) is 5.92 Å². The predicted molar refractivity (Wildman–Crippen MR) is 48.1 cm³/mol. The first-order valence-electron chi connectivity index (χ1n) is 4.58. The first-order chi connectivity index (χ1) is 6.80. The molecule has 0 aromatic carbocycles. The second-order valence-corrected chi connectivity index (χ2v) is 3.76. The van der Waals surface area contributed by atoms with E-state index in [1.165, 1.54) is 0 Å². The molecular weight excluding hydrogens is 209 g/mol. The number of aliphatic hydroxyl groups is 1. The number of aromatic nitrogens is 2. The second kappa shape index (κ2) is 4.22. The van der Waals surface area contributed by atoms with Gasteiger partial charge in [0.25, 0.3) is 0 Å². The average molecular weight is 222 g/mol. The summed E-state index contributed by atoms with van der Waals surface area (Å²) in [6.45, 7) is 3.66. The van der Waals surface area contributed by atoms with E-state index in [0.29, 0.717) is 0 Å². The summed E-state index contributed by atoms with van der Waals surface area (Å²) in [5, 5.41) is 13.0. The number of rotatable bonds is 3. The molecule has 0 bridgehead atoms. The summed E-state index contributed by atoms with van der Waals surface area (Å²) >= 11 is 0. The molecule has 0 spiro atoms. The second-order valence-electron chi connectivity index (χ2n) is 3.76. The summed E-state index contributed by atoms with van der Waals surface area (Å²) in [4.78, 5) is 0. The third-order valence-corrected chi connectivity index (χ3v) is 2.10. The van der Waals surface area contributed by atoms with Crippen molar-refractivity contribution in [3.63, 3.8) is 0 Å². The van der Waals surface area contributed by atoms with E-state index in [-0.39, 0.29) is 12.5 Å². The van der Waals surface area contributed by atoms with Gasteiger partial charge in [-0.15, -0.1) is 0 Å². The van der Waals surface area contributed by atoms with Crippen molar-refractivity contribution in [2.45, 2.75) is 32.7 Å². The molecule has 1 rings (SSSR count). The van der Waals surface area contributed by atoms with Gasteiger partial charge in [-0.25, -0.2) is 0 Å². The Kier molecular flexibility index (Phi) is 3.38. The minimum absolute atomic E-state index is 0.0106. The lowest BCUT2D eigenvalue weighted by atomic mass is 10.1. The van der Waals surface area contributed by atoms with E-state index in [2.05, 4.69) is 5.10 Å². The number of hydrogen-bond donors (Lipinski definition) is 1. The molecule has 86 valence electrons. The molecule has 0 amide bonds. The largest absolute Gasteiger partial charge is 0.419 e. The zero-order valence-electron chi connectivity index (χ0n) is 8.49. The summed E-state index contributed by atoms with van der Waals surface area (Å²) < 4.78 is 37.6. The molecule has 1 aromatic heterocycles. The lowest BCUT2D eigenvalue weighted by Crippen LogP contribution is -2.22. The Morgan fingerprint density at radius 2 is 2.07 bits per heavy atom. The van der Waals surface area contributed by atoms with Crippen molar-refractivity contribution in [1.82, 2.24) is 9.78 Å². The number of nitrogens with zero attached hydrogens (tertiary/aromatic N) is 2. The lowest BCUT2D eigenvalue weighted by molar-refractivity contribution is -0.137. The van der Waals surface area contributed by atoms with Gasteiger partial charge in [0.05, 0.1) is 24.4 Å². The Labute approximate surface area is 85.5 Å². The molecule has 3 nitrogen and oxygen atoms in total. The van der Waals surface area contributed by atoms with Crippen molar-refractivity contribution in [3.8, 4) is 0 Å². The number of aliphatic hydroxyl groups excluding tert-OH is 1. The highest BCUT2D eigenvalue weighted by Gasteiger charge is 2.32. The molecule has 15 heavy (non-hydrogen) atoms. The maximum absolute atomic E-state index is 12.2. The summed E-state index contributed by atoms with van der Waals surface area (Å²) in [5.41, 5.74) is -0.793. The summed E-state index contributed by atoms with van der Waals surface area (Å²) in [6, 6.07) is 0. The van der Waals surface area contributed by atoms with Crippen LogP contribution in [0.3, 0.4) is 0 Å². The van der Waals surface area contributed by atoms with Gasteiger partial charge in [-0.1, -0.05) is 13.8 Å². The first kappa shape index (κ1) is 12.0. The molecule has 6 heteroatoms. The standard InChI is InChI=1S/C9H13F3N2O/c1-6(2)8(15)5-14-4-7(3-13-14)9(10,11)12/h3-4,6,8,15H,5H2,1-2H3. The summed E-state index contributed by atoms with van der Waals surface area (Å²) in [5.74, 6) is -0.0106. The van der Waals surface area contributed by atoms with Gasteiger partial charge in [-0.3, -0.25) is 4.68 Å². The van der Waals surface area contributed by atoms with Gasteiger partial charge in [0.15, 0.2) is 0 Å². The van der Waals surface area contributed by atoms with Crippen LogP contribution in [0.5, 0.6) is 0 Å². The van der Waals surface area contributed by atoms with Crippen LogP contribution >= 0.6 is 0 Å². The number of halogens is 3. The van der Waals surface area contributed by atoms with Gasteiger partial charge in [0.1, 0.15) is 0 Å². The smallest absolute Gasteiger partial charge is 0.391 e. The Morgan fingerprint density at radius 1 is 1.47 bits per heavy atom. The van der Waals surface area contributed by atoms with Crippen LogP contribution in [0.25, 0.3) is 0 Å². The van der Waals surface area contributed by atoms with Crippen molar-refractivity contribution in [3.05, 3.63) is 18.0 Å². The SMILES string of the molecule is CC(C)C(O)Cn1cc(C(F)(F)F)cn1. The van der Waals surface area contributed by atoms with Crippen molar-refractivity contribution >= 4 is 0 Å². The first-order valence-corrected chi connectivity index (χ1v) is 4.58. The third-order valence-electron chi connectivity index (χ3n) is 2.10. The van der Waals surface area contributed by atoms with E-state index in [0.717, 1.165) is 17.1 Å². The Balaban J connectivity index is 2.69. The Bertz CT molecular complexity index is 319. The van der Waals surface area contributed by atoms with Crippen molar-refractivity contribution in [2.24, 2.45) is 5.92 Å². The highest BCUT2D eigenvalue weighted by atomic mass is 19.4. The zero-order valence-corrected chi connectivity index (χ0v) is 8.49. The molecule has 0 saturated carbocycles. The van der Waals surface area contributed by atoms with Crippen LogP contribution in [-0.4, -0.2) is 21.0 Å². The molecule has 1 atom stereocenters. The van der Waals surface area contributed by atoms with E-state index in [9.17, 15) is 18.3 Å². The third kappa shape index (κ3) is 3.23. The van der Waals surface area contributed by atoms with E-state index < -0.39 is 17.8 Å². The topological polar surface area (TPSA) is 38.0 Å². The monoisotopic (exact) mass is 222 g/mol. The van der Waals surface area contributed by atoms with Gasteiger partial charge < -0.3 is 5.11 Å². The predicted octanol–water partition coefficient (Wildman–Crippen LogP) is 1.92. The van der Waals surface area contributed by atoms with Gasteiger partial charge in [0, 0.05) is 6.20 Å². The van der Waals surface area contributed by atoms with Crippen LogP contribution in [0.4, 0.5) is 13.2 Å². The Hall–Kier alpha value is -1.04. The molecule has 0 aliphatic rings. The average Bonchev–Trinajstić information content (AvgIpc) is 2.51. The van der Waals surface area contributed by atoms with E-state index >= 15 is 0 Å². The van der Waals surface area contributed by atoms with Crippen LogP contribution in [0.15, 0.2) is 12.4 Å². The fourth-order valence-electron chi connectivity index (χ4n) is 1.01. The molecule has 1 aromatic rings. The maximum atomic E-state index is 12.2. The van der Waals surface area contributed by atoms with Crippen LogP contribution in [0.2, 0.25) is 0 Å². The quantitative estimate of drug-likeness (QED) is 0.848. The van der Waals surface area contributed by atoms with Crippen molar-refractivity contribution in [1.29, 1.82) is 0 Å². The summed E-state index contributed by atoms with van der Waals surface area (Å²) in [7, 11) is 0. The zero-order chi connectivity index (χ0) is 11.6. The molecule has 1 unspecified atom stereocenters. The molecule has 0 aliphatic carbocycles. The normalized spacial score (nSPS) is 14.6. The molecule has 0 aliphatic heterocycles. The highest BCUT2D eigenvalue weighted by Crippen LogP contribution is 2.28. The molecular formula is C9H13F3N2O. The minimum atomic E-state index is -4.37. The van der Waals surface area contributed by atoms with Gasteiger partial charge in [-0.05, 0) is 5.92 Å². The number of hydrogen-bond acceptors (Lipinski definition) is 2. The summed E-state index contributed by atoms with van der Waals surface area (Å²) in [6.07, 6.45) is -3.41. The molecule has 0 fully saturated rings. The molecule has 1 heterocycles. The fraction of sp³-hybridized carbons (Fsp3) is 0.667. The van der Waals surface area contributed by atoms with Gasteiger partial charge >= 0.3 is 6.18 Å².